The van der Waals surface area contributed by atoms with E-state index >= 15 is 0 Å². The van der Waals surface area contributed by atoms with Crippen LogP contribution in [-0.4, -0.2) is 41.4 Å². The van der Waals surface area contributed by atoms with E-state index in [1.807, 2.05) is 6.07 Å². The predicted molar refractivity (Wildman–Crippen MR) is 105 cm³/mol. The molecule has 27 heavy (non-hydrogen) atoms. The van der Waals surface area contributed by atoms with Crippen molar-refractivity contribution in [1.29, 1.82) is 0 Å². The first-order chi connectivity index (χ1) is 13.2. The van der Waals surface area contributed by atoms with Gasteiger partial charge in [0.2, 0.25) is 5.95 Å². The van der Waals surface area contributed by atoms with Gasteiger partial charge in [-0.1, -0.05) is 29.8 Å². The third-order valence-electron chi connectivity index (χ3n) is 4.45. The maximum Gasteiger partial charge on any atom is 0.249 e. The molecule has 2 aromatic carbocycles. The van der Waals surface area contributed by atoms with Crippen molar-refractivity contribution < 1.29 is 4.39 Å². The molecule has 0 bridgehead atoms. The summed E-state index contributed by atoms with van der Waals surface area (Å²) < 4.78 is 13.3. The molecule has 1 fully saturated rings. The number of nitrogens with one attached hydrogen (secondary N) is 1. The lowest BCUT2D eigenvalue weighted by Gasteiger charge is -2.36. The SMILES string of the molecule is Fc1ccc(Nc2nncc(N3CCN(c4ccccc4)CC3)n2)cc1Cl. The molecule has 1 aromatic heterocycles. The van der Waals surface area contributed by atoms with Gasteiger partial charge in [0.1, 0.15) is 5.82 Å². The Balaban J connectivity index is 1.43. The summed E-state index contributed by atoms with van der Waals surface area (Å²) in [5.74, 6) is 0.639. The van der Waals surface area contributed by atoms with E-state index in [4.69, 9.17) is 11.6 Å². The molecule has 6 nitrogen and oxygen atoms in total. The van der Waals surface area contributed by atoms with Crippen LogP contribution in [0.5, 0.6) is 0 Å². The van der Waals surface area contributed by atoms with Gasteiger partial charge in [-0.25, -0.2) is 4.39 Å². The Morgan fingerprint density at radius 3 is 2.44 bits per heavy atom. The number of para-hydroxylation sites is 1. The monoisotopic (exact) mass is 384 g/mol. The zero-order valence-electron chi connectivity index (χ0n) is 14.5. The van der Waals surface area contributed by atoms with Crippen molar-refractivity contribution in [1.82, 2.24) is 15.2 Å². The lowest BCUT2D eigenvalue weighted by molar-refractivity contribution is 0.628. The van der Waals surface area contributed by atoms with Gasteiger partial charge in [0.15, 0.2) is 5.82 Å². The Morgan fingerprint density at radius 1 is 0.963 bits per heavy atom. The standard InChI is InChI=1S/C19H18ClFN6/c20-16-12-14(6-7-17(16)21)23-19-24-18(13-22-25-19)27-10-8-26(9-11-27)15-4-2-1-3-5-15/h1-7,12-13H,8-11H2,(H,23,24,25). The first-order valence-corrected chi connectivity index (χ1v) is 9.03. The van der Waals surface area contributed by atoms with Crippen molar-refractivity contribution in [3.8, 4) is 0 Å². The molecule has 0 spiro atoms. The zero-order valence-corrected chi connectivity index (χ0v) is 15.3. The minimum absolute atomic E-state index is 0.0427. The van der Waals surface area contributed by atoms with E-state index in [1.54, 1.807) is 12.3 Å². The summed E-state index contributed by atoms with van der Waals surface area (Å²) in [6.07, 6.45) is 1.65. The maximum atomic E-state index is 13.3. The normalized spacial score (nSPS) is 14.3. The van der Waals surface area contributed by atoms with Crippen LogP contribution in [0, 0.1) is 5.82 Å². The molecule has 0 atom stereocenters. The summed E-state index contributed by atoms with van der Waals surface area (Å²) >= 11 is 5.81. The van der Waals surface area contributed by atoms with Gasteiger partial charge >= 0.3 is 0 Å². The number of piperazine rings is 1. The molecule has 1 aliphatic heterocycles. The van der Waals surface area contributed by atoms with E-state index in [1.165, 1.54) is 17.8 Å². The van der Waals surface area contributed by atoms with Gasteiger partial charge in [0, 0.05) is 37.6 Å². The third-order valence-corrected chi connectivity index (χ3v) is 4.74. The highest BCUT2D eigenvalue weighted by molar-refractivity contribution is 6.31. The molecule has 138 valence electrons. The minimum atomic E-state index is -0.466. The Hall–Kier alpha value is -2.93. The van der Waals surface area contributed by atoms with Crippen molar-refractivity contribution in [2.45, 2.75) is 0 Å². The van der Waals surface area contributed by atoms with Crippen LogP contribution < -0.4 is 15.1 Å². The van der Waals surface area contributed by atoms with Crippen LogP contribution in [0.3, 0.4) is 0 Å². The Labute approximate surface area is 161 Å². The van der Waals surface area contributed by atoms with E-state index in [-0.39, 0.29) is 5.02 Å². The first kappa shape index (κ1) is 17.5. The smallest absolute Gasteiger partial charge is 0.249 e. The first-order valence-electron chi connectivity index (χ1n) is 8.66. The number of benzene rings is 2. The second kappa shape index (κ2) is 7.75. The third kappa shape index (κ3) is 4.09. The van der Waals surface area contributed by atoms with E-state index in [9.17, 15) is 4.39 Å². The molecular formula is C19H18ClFN6. The summed E-state index contributed by atoms with van der Waals surface area (Å²) in [4.78, 5) is 9.06. The summed E-state index contributed by atoms with van der Waals surface area (Å²) in [6.45, 7) is 3.50. The number of hydrogen-bond donors (Lipinski definition) is 1. The average Bonchev–Trinajstić information content (AvgIpc) is 2.72. The second-order valence-corrected chi connectivity index (χ2v) is 6.61. The zero-order chi connectivity index (χ0) is 18.6. The average molecular weight is 385 g/mol. The van der Waals surface area contributed by atoms with Crippen LogP contribution in [0.1, 0.15) is 0 Å². The molecule has 2 heterocycles. The molecule has 1 N–H and O–H groups in total. The largest absolute Gasteiger partial charge is 0.368 e. The van der Waals surface area contributed by atoms with Crippen LogP contribution in [-0.2, 0) is 0 Å². The van der Waals surface area contributed by atoms with Crippen molar-refractivity contribution in [2.75, 3.05) is 41.3 Å². The highest BCUT2D eigenvalue weighted by atomic mass is 35.5. The highest BCUT2D eigenvalue weighted by Gasteiger charge is 2.19. The van der Waals surface area contributed by atoms with Crippen LogP contribution in [0.2, 0.25) is 5.02 Å². The lowest BCUT2D eigenvalue weighted by atomic mass is 10.2. The van der Waals surface area contributed by atoms with Gasteiger partial charge < -0.3 is 15.1 Å². The van der Waals surface area contributed by atoms with Crippen LogP contribution in [0.25, 0.3) is 0 Å². The van der Waals surface area contributed by atoms with Crippen molar-refractivity contribution >= 4 is 34.7 Å². The Bertz CT molecular complexity index is 915. The number of hydrogen-bond acceptors (Lipinski definition) is 6. The molecule has 8 heteroatoms. The Kier molecular flexibility index (Phi) is 5.02. The minimum Gasteiger partial charge on any atom is -0.368 e. The molecule has 1 saturated heterocycles. The van der Waals surface area contributed by atoms with Gasteiger partial charge in [-0.15, -0.1) is 5.10 Å². The molecule has 4 rings (SSSR count). The predicted octanol–water partition coefficient (Wildman–Crippen LogP) is 3.73. The molecule has 0 saturated carbocycles. The van der Waals surface area contributed by atoms with Gasteiger partial charge in [-0.05, 0) is 30.3 Å². The van der Waals surface area contributed by atoms with Crippen LogP contribution in [0.4, 0.5) is 27.5 Å². The Morgan fingerprint density at radius 2 is 1.70 bits per heavy atom. The quantitative estimate of drug-likeness (QED) is 0.739. The number of aromatic nitrogens is 3. The summed E-state index contributed by atoms with van der Waals surface area (Å²) in [5.41, 5.74) is 1.84. The number of anilines is 4. The highest BCUT2D eigenvalue weighted by Crippen LogP contribution is 2.23. The summed E-state index contributed by atoms with van der Waals surface area (Å²) in [6, 6.07) is 14.7. The van der Waals surface area contributed by atoms with E-state index in [0.29, 0.717) is 11.6 Å². The summed E-state index contributed by atoms with van der Waals surface area (Å²) in [5, 5.41) is 11.1. The fourth-order valence-electron chi connectivity index (χ4n) is 3.04. The van der Waals surface area contributed by atoms with E-state index in [0.717, 1.165) is 32.0 Å². The maximum absolute atomic E-state index is 13.3. The van der Waals surface area contributed by atoms with E-state index < -0.39 is 5.82 Å². The molecule has 0 amide bonds. The van der Waals surface area contributed by atoms with Crippen molar-refractivity contribution in [2.24, 2.45) is 0 Å². The second-order valence-electron chi connectivity index (χ2n) is 6.20. The topological polar surface area (TPSA) is 57.2 Å². The van der Waals surface area contributed by atoms with Gasteiger partial charge in [0.05, 0.1) is 11.2 Å². The number of nitrogens with zero attached hydrogens (tertiary/aromatic N) is 5. The lowest BCUT2D eigenvalue weighted by Crippen LogP contribution is -2.46. The molecule has 3 aromatic rings. The molecular weight excluding hydrogens is 367 g/mol. The fraction of sp³-hybridized carbons (Fsp3) is 0.211. The van der Waals surface area contributed by atoms with Crippen molar-refractivity contribution in [3.63, 3.8) is 0 Å². The molecule has 0 aliphatic carbocycles. The molecule has 0 unspecified atom stereocenters. The van der Waals surface area contributed by atoms with Crippen LogP contribution >= 0.6 is 11.6 Å². The van der Waals surface area contributed by atoms with Gasteiger partial charge in [0.25, 0.3) is 0 Å². The van der Waals surface area contributed by atoms with Gasteiger partial charge in [-0.3, -0.25) is 0 Å². The van der Waals surface area contributed by atoms with Crippen LogP contribution in [0.15, 0.2) is 54.7 Å². The summed E-state index contributed by atoms with van der Waals surface area (Å²) in [7, 11) is 0. The molecule has 0 radical (unpaired) electrons. The number of halogens is 2. The molecule has 1 aliphatic rings. The van der Waals surface area contributed by atoms with E-state index in [2.05, 4.69) is 54.6 Å². The van der Waals surface area contributed by atoms with Gasteiger partial charge in [-0.2, -0.15) is 10.1 Å². The van der Waals surface area contributed by atoms with Crippen molar-refractivity contribution in [3.05, 3.63) is 65.6 Å². The fourth-order valence-corrected chi connectivity index (χ4v) is 3.22. The number of rotatable bonds is 4.